The van der Waals surface area contributed by atoms with Gasteiger partial charge in [0.1, 0.15) is 0 Å². The second kappa shape index (κ2) is 4.25. The van der Waals surface area contributed by atoms with Crippen molar-refractivity contribution in [1.82, 2.24) is 9.97 Å². The van der Waals surface area contributed by atoms with Crippen molar-refractivity contribution in [2.24, 2.45) is 0 Å². The SMILES string of the molecule is c1ccc2c(c1)c1ccccc1c1c2ccc2nccnc21. The molecule has 0 bridgehead atoms. The monoisotopic (exact) mass is 280 g/mol. The van der Waals surface area contributed by atoms with Crippen LogP contribution in [0.1, 0.15) is 0 Å². The second-order valence-electron chi connectivity index (χ2n) is 5.50. The van der Waals surface area contributed by atoms with Gasteiger partial charge in [0.05, 0.1) is 11.0 Å². The minimum absolute atomic E-state index is 0.940. The van der Waals surface area contributed by atoms with Gasteiger partial charge in [0.25, 0.3) is 0 Å². The van der Waals surface area contributed by atoms with Gasteiger partial charge in [0.2, 0.25) is 0 Å². The summed E-state index contributed by atoms with van der Waals surface area (Å²) in [6.45, 7) is 0. The van der Waals surface area contributed by atoms with Gasteiger partial charge in [-0.15, -0.1) is 0 Å². The Morgan fingerprint density at radius 3 is 1.77 bits per heavy atom. The van der Waals surface area contributed by atoms with Crippen LogP contribution in [0.2, 0.25) is 0 Å². The number of aromatic nitrogens is 2. The van der Waals surface area contributed by atoms with Gasteiger partial charge < -0.3 is 0 Å². The highest BCUT2D eigenvalue weighted by molar-refractivity contribution is 6.30. The van der Waals surface area contributed by atoms with Crippen LogP contribution in [0, 0.1) is 0 Å². The third-order valence-electron chi connectivity index (χ3n) is 4.34. The van der Waals surface area contributed by atoms with Crippen molar-refractivity contribution in [3.8, 4) is 0 Å². The maximum atomic E-state index is 4.60. The molecule has 0 aliphatic rings. The molecule has 0 aliphatic heterocycles. The fourth-order valence-electron chi connectivity index (χ4n) is 3.42. The summed E-state index contributed by atoms with van der Waals surface area (Å²) in [5, 5.41) is 7.49. The summed E-state index contributed by atoms with van der Waals surface area (Å²) in [6, 6.07) is 21.4. The Labute approximate surface area is 127 Å². The number of nitrogens with zero attached hydrogens (tertiary/aromatic N) is 2. The predicted octanol–water partition coefficient (Wildman–Crippen LogP) is 5.09. The third-order valence-corrected chi connectivity index (χ3v) is 4.34. The van der Waals surface area contributed by atoms with Crippen LogP contribution < -0.4 is 0 Å². The van der Waals surface area contributed by atoms with E-state index in [2.05, 4.69) is 70.6 Å². The van der Waals surface area contributed by atoms with E-state index < -0.39 is 0 Å². The van der Waals surface area contributed by atoms with Crippen molar-refractivity contribution in [3.05, 3.63) is 73.1 Å². The summed E-state index contributed by atoms with van der Waals surface area (Å²) >= 11 is 0. The van der Waals surface area contributed by atoms with E-state index >= 15 is 0 Å². The van der Waals surface area contributed by atoms with E-state index in [1.54, 1.807) is 12.4 Å². The van der Waals surface area contributed by atoms with E-state index in [0.717, 1.165) is 11.0 Å². The molecule has 0 aliphatic carbocycles. The normalized spacial score (nSPS) is 11.6. The van der Waals surface area contributed by atoms with Gasteiger partial charge in [0.15, 0.2) is 0 Å². The maximum absolute atomic E-state index is 4.60. The third kappa shape index (κ3) is 1.44. The number of fused-ring (bicyclic) bond motifs is 8. The average Bonchev–Trinajstić information content (AvgIpc) is 2.61. The van der Waals surface area contributed by atoms with Crippen LogP contribution in [0.15, 0.2) is 73.1 Å². The summed E-state index contributed by atoms with van der Waals surface area (Å²) in [4.78, 5) is 9.06. The molecule has 0 unspecified atom stereocenters. The first-order chi connectivity index (χ1) is 10.9. The summed E-state index contributed by atoms with van der Waals surface area (Å²) < 4.78 is 0. The molecule has 0 fully saturated rings. The molecule has 5 rings (SSSR count). The van der Waals surface area contributed by atoms with E-state index in [9.17, 15) is 0 Å². The van der Waals surface area contributed by atoms with Crippen molar-refractivity contribution in [2.75, 3.05) is 0 Å². The lowest BCUT2D eigenvalue weighted by Gasteiger charge is -2.11. The number of hydrogen-bond donors (Lipinski definition) is 0. The summed E-state index contributed by atoms with van der Waals surface area (Å²) in [5.41, 5.74) is 1.91. The fourth-order valence-corrected chi connectivity index (χ4v) is 3.42. The Kier molecular flexibility index (Phi) is 2.25. The quantitative estimate of drug-likeness (QED) is 0.369. The zero-order chi connectivity index (χ0) is 14.5. The topological polar surface area (TPSA) is 25.8 Å². The molecule has 102 valence electrons. The smallest absolute Gasteiger partial charge is 0.0971 e. The molecular formula is C20H12N2. The Balaban J connectivity index is 2.24. The van der Waals surface area contributed by atoms with Gasteiger partial charge in [-0.3, -0.25) is 9.97 Å². The van der Waals surface area contributed by atoms with Crippen molar-refractivity contribution < 1.29 is 0 Å². The molecule has 0 amide bonds. The van der Waals surface area contributed by atoms with E-state index in [-0.39, 0.29) is 0 Å². The number of benzene rings is 4. The number of rotatable bonds is 0. The van der Waals surface area contributed by atoms with E-state index in [1.807, 2.05) is 0 Å². The van der Waals surface area contributed by atoms with Crippen molar-refractivity contribution in [3.63, 3.8) is 0 Å². The first-order valence-corrected chi connectivity index (χ1v) is 7.36. The van der Waals surface area contributed by atoms with Crippen LogP contribution in [-0.4, -0.2) is 9.97 Å². The predicted molar refractivity (Wildman–Crippen MR) is 92.1 cm³/mol. The molecule has 0 N–H and O–H groups in total. The minimum Gasteiger partial charge on any atom is -0.253 e. The van der Waals surface area contributed by atoms with E-state index in [4.69, 9.17) is 0 Å². The van der Waals surface area contributed by atoms with Gasteiger partial charge in [-0.1, -0.05) is 54.6 Å². The molecule has 0 radical (unpaired) electrons. The Morgan fingerprint density at radius 1 is 0.500 bits per heavy atom. The van der Waals surface area contributed by atoms with E-state index in [1.165, 1.54) is 32.3 Å². The average molecular weight is 280 g/mol. The van der Waals surface area contributed by atoms with Crippen LogP contribution in [0.3, 0.4) is 0 Å². The van der Waals surface area contributed by atoms with Gasteiger partial charge in [-0.05, 0) is 33.0 Å². The van der Waals surface area contributed by atoms with Crippen molar-refractivity contribution in [1.29, 1.82) is 0 Å². The highest BCUT2D eigenvalue weighted by Gasteiger charge is 2.11. The van der Waals surface area contributed by atoms with Crippen LogP contribution in [-0.2, 0) is 0 Å². The first-order valence-electron chi connectivity index (χ1n) is 7.36. The largest absolute Gasteiger partial charge is 0.253 e. The fraction of sp³-hybridized carbons (Fsp3) is 0. The Morgan fingerprint density at radius 2 is 1.05 bits per heavy atom. The second-order valence-corrected chi connectivity index (χ2v) is 5.50. The summed E-state index contributed by atoms with van der Waals surface area (Å²) in [7, 11) is 0. The maximum Gasteiger partial charge on any atom is 0.0971 e. The highest BCUT2D eigenvalue weighted by Crippen LogP contribution is 2.37. The van der Waals surface area contributed by atoms with Crippen LogP contribution in [0.5, 0.6) is 0 Å². The van der Waals surface area contributed by atoms with E-state index in [0.29, 0.717) is 0 Å². The molecule has 2 heteroatoms. The lowest BCUT2D eigenvalue weighted by molar-refractivity contribution is 1.30. The molecule has 0 atom stereocenters. The molecule has 0 spiro atoms. The van der Waals surface area contributed by atoms with Crippen LogP contribution in [0.4, 0.5) is 0 Å². The Bertz CT molecular complexity index is 1130. The molecular weight excluding hydrogens is 268 g/mol. The molecule has 1 aromatic heterocycles. The standard InChI is InChI=1S/C20H12N2/c1-2-7-15-13(5-1)14-6-3-4-8-16(14)19-17(15)9-10-18-20(19)22-12-11-21-18/h1-12H. The molecule has 0 saturated heterocycles. The lowest BCUT2D eigenvalue weighted by Crippen LogP contribution is -1.88. The van der Waals surface area contributed by atoms with Gasteiger partial charge in [0, 0.05) is 17.8 Å². The molecule has 2 nitrogen and oxygen atoms in total. The van der Waals surface area contributed by atoms with Gasteiger partial charge >= 0.3 is 0 Å². The zero-order valence-corrected chi connectivity index (χ0v) is 11.8. The molecule has 0 saturated carbocycles. The molecule has 1 heterocycles. The highest BCUT2D eigenvalue weighted by atomic mass is 14.8. The molecule has 4 aromatic carbocycles. The van der Waals surface area contributed by atoms with Crippen molar-refractivity contribution in [2.45, 2.75) is 0 Å². The Hall–Kier alpha value is -3.00. The van der Waals surface area contributed by atoms with Gasteiger partial charge in [-0.2, -0.15) is 0 Å². The van der Waals surface area contributed by atoms with Crippen LogP contribution >= 0.6 is 0 Å². The first kappa shape index (κ1) is 11.6. The summed E-state index contributed by atoms with van der Waals surface area (Å²) in [5.74, 6) is 0. The zero-order valence-electron chi connectivity index (χ0n) is 11.8. The summed E-state index contributed by atoms with van der Waals surface area (Å²) in [6.07, 6.45) is 3.52. The molecule has 5 aromatic rings. The van der Waals surface area contributed by atoms with Gasteiger partial charge in [-0.25, -0.2) is 0 Å². The van der Waals surface area contributed by atoms with Crippen LogP contribution in [0.25, 0.3) is 43.4 Å². The number of hydrogen-bond acceptors (Lipinski definition) is 2. The van der Waals surface area contributed by atoms with Crippen molar-refractivity contribution >= 4 is 43.4 Å². The minimum atomic E-state index is 0.940. The molecule has 22 heavy (non-hydrogen) atoms. The lowest BCUT2D eigenvalue weighted by atomic mass is 9.93.